The van der Waals surface area contributed by atoms with Gasteiger partial charge in [-0.05, 0) is 31.2 Å². The second-order valence-corrected chi connectivity index (χ2v) is 6.61. The number of hydrogen-bond acceptors (Lipinski definition) is 4. The topological polar surface area (TPSA) is 65.7 Å². The van der Waals surface area contributed by atoms with E-state index in [9.17, 15) is 0 Å². The Morgan fingerprint density at radius 3 is 2.38 bits per heavy atom. The number of rotatable bonds is 7. The second kappa shape index (κ2) is 11.5. The van der Waals surface area contributed by atoms with Gasteiger partial charge in [-0.3, -0.25) is 4.99 Å². The molecule has 29 heavy (non-hydrogen) atoms. The van der Waals surface area contributed by atoms with Gasteiger partial charge in [0.05, 0.1) is 12.2 Å². The van der Waals surface area contributed by atoms with E-state index in [1.165, 1.54) is 5.69 Å². The van der Waals surface area contributed by atoms with Crippen molar-refractivity contribution in [2.24, 2.45) is 4.99 Å². The van der Waals surface area contributed by atoms with Crippen molar-refractivity contribution in [3.8, 4) is 11.5 Å². The maximum atomic E-state index is 5.58. The highest BCUT2D eigenvalue weighted by Crippen LogP contribution is 2.17. The average molecular weight is 505 g/mol. The van der Waals surface area contributed by atoms with Gasteiger partial charge in [0.15, 0.2) is 5.96 Å². The van der Waals surface area contributed by atoms with Crippen molar-refractivity contribution < 1.29 is 4.42 Å². The van der Waals surface area contributed by atoms with Gasteiger partial charge in [-0.25, -0.2) is 4.98 Å². The molecule has 1 aromatic heterocycles. The summed E-state index contributed by atoms with van der Waals surface area (Å²) in [6.07, 6.45) is 1.68. The molecule has 0 saturated heterocycles. The Balaban J connectivity index is 0.00000300. The Hall–Kier alpha value is -2.55. The largest absolute Gasteiger partial charge is 0.444 e. The number of nitrogens with zero attached hydrogens (tertiary/aromatic N) is 3. The minimum atomic E-state index is 0. The van der Waals surface area contributed by atoms with Gasteiger partial charge in [0.25, 0.3) is 0 Å². The van der Waals surface area contributed by atoms with Crippen LogP contribution < -0.4 is 15.5 Å². The molecule has 1 heterocycles. The number of hydrogen-bond donors (Lipinski definition) is 2. The molecule has 0 spiro atoms. The second-order valence-electron chi connectivity index (χ2n) is 6.61. The lowest BCUT2D eigenvalue weighted by atomic mass is 10.2. The van der Waals surface area contributed by atoms with Gasteiger partial charge in [0.2, 0.25) is 5.89 Å². The first kappa shape index (κ1) is 22.7. The van der Waals surface area contributed by atoms with Gasteiger partial charge in [0, 0.05) is 37.9 Å². The van der Waals surface area contributed by atoms with Crippen molar-refractivity contribution >= 4 is 35.6 Å². The Bertz CT molecular complexity index is 882. The molecule has 2 aromatic carbocycles. The highest BCUT2D eigenvalue weighted by Gasteiger charge is 2.11. The van der Waals surface area contributed by atoms with Crippen LogP contribution in [0.4, 0.5) is 5.69 Å². The third kappa shape index (κ3) is 6.49. The molecular formula is C22H28IN5O. The van der Waals surface area contributed by atoms with Gasteiger partial charge < -0.3 is 20.0 Å². The van der Waals surface area contributed by atoms with Gasteiger partial charge in [-0.15, -0.1) is 24.0 Å². The van der Waals surface area contributed by atoms with Gasteiger partial charge in [0.1, 0.15) is 6.26 Å². The molecule has 154 valence electrons. The standard InChI is InChI=1S/C22H27N5O.HI/c1-17(27(3)20-12-8-5-9-13-20)14-24-22(23-2)25-15-19-16-28-21(26-19)18-10-6-4-7-11-18;/h4-13,16-17H,14-15H2,1-3H3,(H2,23,24,25);1H. The van der Waals surface area contributed by atoms with Crippen molar-refractivity contribution in [3.63, 3.8) is 0 Å². The number of aliphatic imine (C=N–C) groups is 1. The number of guanidine groups is 1. The number of likely N-dealkylation sites (N-methyl/N-ethyl adjacent to an activating group) is 1. The molecule has 0 saturated carbocycles. The molecule has 2 N–H and O–H groups in total. The predicted octanol–water partition coefficient (Wildman–Crippen LogP) is 4.15. The molecule has 1 atom stereocenters. The molecule has 0 fully saturated rings. The van der Waals surface area contributed by atoms with Crippen LogP contribution in [-0.4, -0.2) is 37.6 Å². The molecule has 0 aliphatic rings. The van der Waals surface area contributed by atoms with Crippen molar-refractivity contribution in [1.29, 1.82) is 0 Å². The fraction of sp³-hybridized carbons (Fsp3) is 0.273. The van der Waals surface area contributed by atoms with Crippen LogP contribution in [0.1, 0.15) is 12.6 Å². The van der Waals surface area contributed by atoms with Crippen molar-refractivity contribution in [2.75, 3.05) is 25.5 Å². The van der Waals surface area contributed by atoms with Crippen LogP contribution in [0.2, 0.25) is 0 Å². The first-order chi connectivity index (χ1) is 13.7. The van der Waals surface area contributed by atoms with Gasteiger partial charge in [-0.1, -0.05) is 36.4 Å². The number of halogens is 1. The molecule has 0 aliphatic heterocycles. The summed E-state index contributed by atoms with van der Waals surface area (Å²) >= 11 is 0. The Morgan fingerprint density at radius 2 is 1.72 bits per heavy atom. The van der Waals surface area contributed by atoms with E-state index in [4.69, 9.17) is 4.42 Å². The van der Waals surface area contributed by atoms with E-state index in [1.54, 1.807) is 13.3 Å². The highest BCUT2D eigenvalue weighted by molar-refractivity contribution is 14.0. The Morgan fingerprint density at radius 1 is 1.07 bits per heavy atom. The minimum Gasteiger partial charge on any atom is -0.444 e. The van der Waals surface area contributed by atoms with Crippen LogP contribution in [0.5, 0.6) is 0 Å². The lowest BCUT2D eigenvalue weighted by Crippen LogP contribution is -2.44. The maximum Gasteiger partial charge on any atom is 0.226 e. The van der Waals surface area contributed by atoms with E-state index in [0.717, 1.165) is 23.8 Å². The van der Waals surface area contributed by atoms with E-state index < -0.39 is 0 Å². The third-order valence-electron chi connectivity index (χ3n) is 4.62. The summed E-state index contributed by atoms with van der Waals surface area (Å²) in [4.78, 5) is 11.1. The quantitative estimate of drug-likeness (QED) is 0.287. The molecular weight excluding hydrogens is 477 g/mol. The number of anilines is 1. The number of nitrogens with one attached hydrogen (secondary N) is 2. The summed E-state index contributed by atoms with van der Waals surface area (Å²) in [5.41, 5.74) is 2.99. The third-order valence-corrected chi connectivity index (χ3v) is 4.62. The fourth-order valence-corrected chi connectivity index (χ4v) is 2.80. The lowest BCUT2D eigenvalue weighted by Gasteiger charge is -2.27. The van der Waals surface area contributed by atoms with E-state index in [0.29, 0.717) is 18.5 Å². The van der Waals surface area contributed by atoms with Gasteiger partial charge in [-0.2, -0.15) is 0 Å². The highest BCUT2D eigenvalue weighted by atomic mass is 127. The minimum absolute atomic E-state index is 0. The SMILES string of the molecule is CN=C(NCc1coc(-c2ccccc2)n1)NCC(C)N(C)c1ccccc1.I. The summed E-state index contributed by atoms with van der Waals surface area (Å²) in [5, 5.41) is 6.65. The zero-order valence-corrected chi connectivity index (χ0v) is 19.3. The monoisotopic (exact) mass is 505 g/mol. The van der Waals surface area contributed by atoms with Crippen molar-refractivity contribution in [3.05, 3.63) is 72.6 Å². The molecule has 3 aromatic rings. The van der Waals surface area contributed by atoms with Crippen molar-refractivity contribution in [2.45, 2.75) is 19.5 Å². The number of aromatic nitrogens is 1. The van der Waals surface area contributed by atoms with E-state index in [1.807, 2.05) is 48.5 Å². The first-order valence-corrected chi connectivity index (χ1v) is 9.39. The average Bonchev–Trinajstić information content (AvgIpc) is 3.23. The molecule has 6 nitrogen and oxygen atoms in total. The van der Waals surface area contributed by atoms with E-state index in [-0.39, 0.29) is 24.0 Å². The van der Waals surface area contributed by atoms with Crippen molar-refractivity contribution in [1.82, 2.24) is 15.6 Å². The number of para-hydroxylation sites is 1. The Labute approximate surface area is 189 Å². The van der Waals surface area contributed by atoms with Crippen LogP contribution >= 0.6 is 24.0 Å². The lowest BCUT2D eigenvalue weighted by molar-refractivity contribution is 0.572. The van der Waals surface area contributed by atoms with E-state index in [2.05, 4.69) is 51.6 Å². The summed E-state index contributed by atoms with van der Waals surface area (Å²) in [6, 6.07) is 20.5. The molecule has 7 heteroatoms. The molecule has 1 unspecified atom stereocenters. The zero-order valence-electron chi connectivity index (χ0n) is 17.0. The molecule has 3 rings (SSSR count). The number of oxazole rings is 1. The molecule has 0 radical (unpaired) electrons. The van der Waals surface area contributed by atoms with Crippen LogP contribution in [0, 0.1) is 0 Å². The predicted molar refractivity (Wildman–Crippen MR) is 130 cm³/mol. The van der Waals surface area contributed by atoms with Crippen LogP contribution in [-0.2, 0) is 6.54 Å². The summed E-state index contributed by atoms with van der Waals surface area (Å²) in [6.45, 7) is 3.48. The summed E-state index contributed by atoms with van der Waals surface area (Å²) in [7, 11) is 3.86. The van der Waals surface area contributed by atoms with Crippen LogP contribution in [0.3, 0.4) is 0 Å². The first-order valence-electron chi connectivity index (χ1n) is 9.39. The summed E-state index contributed by atoms with van der Waals surface area (Å²) in [5.74, 6) is 1.36. The van der Waals surface area contributed by atoms with Crippen LogP contribution in [0.15, 0.2) is 76.3 Å². The van der Waals surface area contributed by atoms with Gasteiger partial charge >= 0.3 is 0 Å². The normalized spacial score (nSPS) is 12.0. The number of benzene rings is 2. The molecule has 0 aliphatic carbocycles. The van der Waals surface area contributed by atoms with Crippen LogP contribution in [0.25, 0.3) is 11.5 Å². The Kier molecular flexibility index (Phi) is 8.98. The molecule has 0 bridgehead atoms. The summed E-state index contributed by atoms with van der Waals surface area (Å²) < 4.78 is 5.58. The smallest absolute Gasteiger partial charge is 0.226 e. The van der Waals surface area contributed by atoms with E-state index >= 15 is 0 Å². The fourth-order valence-electron chi connectivity index (χ4n) is 2.80. The maximum absolute atomic E-state index is 5.58. The zero-order chi connectivity index (χ0) is 19.8. The molecule has 0 amide bonds.